The second-order valence-corrected chi connectivity index (χ2v) is 8.74. The van der Waals surface area contributed by atoms with E-state index >= 15 is 0 Å². The number of carbonyl (C=O) groups excluding carboxylic acids is 2. The van der Waals surface area contributed by atoms with Crippen molar-refractivity contribution in [1.29, 1.82) is 0 Å². The molecule has 156 valence electrons. The maximum Gasteiger partial charge on any atom is 0.342 e. The quantitative estimate of drug-likeness (QED) is 0.533. The van der Waals surface area contributed by atoms with Crippen LogP contribution in [0.25, 0.3) is 11.1 Å². The minimum atomic E-state index is -0.466. The third-order valence-corrected chi connectivity index (χ3v) is 5.54. The van der Waals surface area contributed by atoms with Gasteiger partial charge in [0.2, 0.25) is 0 Å². The number of aromatic nitrogens is 2. The molecule has 2 aromatic heterocycles. The van der Waals surface area contributed by atoms with Gasteiger partial charge in [0.15, 0.2) is 0 Å². The van der Waals surface area contributed by atoms with Crippen molar-refractivity contribution in [2.24, 2.45) is 0 Å². The summed E-state index contributed by atoms with van der Waals surface area (Å²) in [5.41, 5.74) is 3.43. The van der Waals surface area contributed by atoms with E-state index < -0.39 is 11.9 Å². The number of nitrogens with zero attached hydrogens (tertiary/aromatic N) is 2. The molecule has 2 heterocycles. The number of anilines is 1. The van der Waals surface area contributed by atoms with Crippen molar-refractivity contribution in [2.45, 2.75) is 46.6 Å². The summed E-state index contributed by atoms with van der Waals surface area (Å²) < 4.78 is 5.49. The van der Waals surface area contributed by atoms with E-state index in [-0.39, 0.29) is 11.8 Å². The van der Waals surface area contributed by atoms with E-state index in [1.807, 2.05) is 19.1 Å². The fourth-order valence-electron chi connectivity index (χ4n) is 3.07. The Morgan fingerprint density at radius 2 is 1.77 bits per heavy atom. The smallest absolute Gasteiger partial charge is 0.342 e. The second-order valence-electron chi connectivity index (χ2n) is 7.51. The molecular weight excluding hydrogens is 398 g/mol. The van der Waals surface area contributed by atoms with E-state index in [1.54, 1.807) is 13.8 Å². The van der Waals surface area contributed by atoms with Crippen LogP contribution in [0.5, 0.6) is 0 Å². The molecule has 0 radical (unpaired) electrons. The summed E-state index contributed by atoms with van der Waals surface area (Å²) in [5.74, 6) is -0.480. The predicted molar refractivity (Wildman–Crippen MR) is 119 cm³/mol. The normalized spacial score (nSPS) is 11.0. The standard InChI is InChI=1S/C23H25N3O3S/c1-13(2)16-6-8-17(9-7-16)19-15(5)30-22(20(19)23(28)29-14(3)4)26-21(27)18-12-24-10-11-25-18/h6-14H,1-5H3,(H,26,27). The van der Waals surface area contributed by atoms with Crippen LogP contribution < -0.4 is 5.32 Å². The van der Waals surface area contributed by atoms with Gasteiger partial charge >= 0.3 is 5.97 Å². The molecule has 0 saturated carbocycles. The first kappa shape index (κ1) is 21.6. The minimum Gasteiger partial charge on any atom is -0.459 e. The Labute approximate surface area is 180 Å². The van der Waals surface area contributed by atoms with Crippen molar-refractivity contribution in [3.05, 3.63) is 64.6 Å². The molecule has 0 bridgehead atoms. The van der Waals surface area contributed by atoms with E-state index in [0.717, 1.165) is 16.0 Å². The van der Waals surface area contributed by atoms with Gasteiger partial charge in [-0.3, -0.25) is 9.78 Å². The average Bonchev–Trinajstić information content (AvgIpc) is 3.03. The number of ether oxygens (including phenoxy) is 1. The van der Waals surface area contributed by atoms with Crippen molar-refractivity contribution < 1.29 is 14.3 Å². The summed E-state index contributed by atoms with van der Waals surface area (Å²) in [7, 11) is 0. The van der Waals surface area contributed by atoms with Crippen LogP contribution in [0.1, 0.15) is 64.9 Å². The van der Waals surface area contributed by atoms with E-state index in [4.69, 9.17) is 4.74 Å². The molecule has 3 rings (SSSR count). The Morgan fingerprint density at radius 1 is 1.07 bits per heavy atom. The summed E-state index contributed by atoms with van der Waals surface area (Å²) in [6.07, 6.45) is 4.05. The van der Waals surface area contributed by atoms with Crippen LogP contribution in [0.15, 0.2) is 42.9 Å². The van der Waals surface area contributed by atoms with Crippen LogP contribution in [0, 0.1) is 6.92 Å². The van der Waals surface area contributed by atoms with Crippen LogP contribution in [-0.4, -0.2) is 27.9 Å². The molecule has 0 unspecified atom stereocenters. The molecule has 0 spiro atoms. The van der Waals surface area contributed by atoms with Gasteiger partial charge in [-0.05, 0) is 37.8 Å². The van der Waals surface area contributed by atoms with Crippen LogP contribution in [-0.2, 0) is 4.74 Å². The van der Waals surface area contributed by atoms with Crippen LogP contribution in [0.4, 0.5) is 5.00 Å². The Kier molecular flexibility index (Phi) is 6.62. The Hall–Kier alpha value is -3.06. The summed E-state index contributed by atoms with van der Waals surface area (Å²) >= 11 is 1.34. The average molecular weight is 424 g/mol. The predicted octanol–water partition coefficient (Wildman–Crippen LogP) is 5.45. The van der Waals surface area contributed by atoms with Gasteiger partial charge in [-0.15, -0.1) is 11.3 Å². The molecule has 0 atom stereocenters. The van der Waals surface area contributed by atoms with Crippen molar-refractivity contribution in [3.8, 4) is 11.1 Å². The molecule has 0 saturated heterocycles. The molecule has 0 aliphatic carbocycles. The lowest BCUT2D eigenvalue weighted by atomic mass is 9.97. The molecule has 7 heteroatoms. The van der Waals surface area contributed by atoms with Gasteiger partial charge in [-0.25, -0.2) is 9.78 Å². The van der Waals surface area contributed by atoms with Crippen LogP contribution in [0.2, 0.25) is 0 Å². The van der Waals surface area contributed by atoms with Crippen molar-refractivity contribution in [1.82, 2.24) is 9.97 Å². The fraction of sp³-hybridized carbons (Fsp3) is 0.304. The fourth-order valence-corrected chi connectivity index (χ4v) is 4.13. The molecule has 30 heavy (non-hydrogen) atoms. The minimum absolute atomic E-state index is 0.176. The zero-order valence-corrected chi connectivity index (χ0v) is 18.5. The van der Waals surface area contributed by atoms with E-state index in [1.165, 1.54) is 35.5 Å². The third kappa shape index (κ3) is 4.74. The largest absolute Gasteiger partial charge is 0.459 e. The highest BCUT2D eigenvalue weighted by molar-refractivity contribution is 7.17. The summed E-state index contributed by atoms with van der Waals surface area (Å²) in [5, 5.41) is 3.26. The monoisotopic (exact) mass is 423 g/mol. The Bertz CT molecular complexity index is 1040. The van der Waals surface area contributed by atoms with Crippen LogP contribution >= 0.6 is 11.3 Å². The molecule has 1 aromatic carbocycles. The van der Waals surface area contributed by atoms with Gasteiger partial charge in [0.25, 0.3) is 5.91 Å². The highest BCUT2D eigenvalue weighted by Crippen LogP contribution is 2.41. The maximum atomic E-state index is 13.0. The zero-order chi connectivity index (χ0) is 21.8. The number of amides is 1. The topological polar surface area (TPSA) is 81.2 Å². The highest BCUT2D eigenvalue weighted by Gasteiger charge is 2.26. The summed E-state index contributed by atoms with van der Waals surface area (Å²) in [4.78, 5) is 34.5. The molecule has 0 aliphatic heterocycles. The molecule has 0 aliphatic rings. The molecule has 0 fully saturated rings. The van der Waals surface area contributed by atoms with E-state index in [2.05, 4.69) is 41.3 Å². The van der Waals surface area contributed by atoms with Gasteiger partial charge in [-0.1, -0.05) is 38.1 Å². The molecule has 6 nitrogen and oxygen atoms in total. The number of esters is 1. The number of hydrogen-bond donors (Lipinski definition) is 1. The first-order valence-corrected chi connectivity index (χ1v) is 10.6. The molecule has 1 N–H and O–H groups in total. The number of thiophene rings is 1. The number of hydrogen-bond acceptors (Lipinski definition) is 6. The number of carbonyl (C=O) groups is 2. The molecular formula is C23H25N3O3S. The van der Waals surface area contributed by atoms with E-state index in [0.29, 0.717) is 16.5 Å². The second kappa shape index (κ2) is 9.17. The van der Waals surface area contributed by atoms with Gasteiger partial charge in [0.05, 0.1) is 12.3 Å². The SMILES string of the molecule is Cc1sc(NC(=O)c2cnccn2)c(C(=O)OC(C)C)c1-c1ccc(C(C)C)cc1. The number of aryl methyl sites for hydroxylation is 1. The number of benzene rings is 1. The Balaban J connectivity index is 2.06. The van der Waals surface area contributed by atoms with Crippen molar-refractivity contribution in [2.75, 3.05) is 5.32 Å². The maximum absolute atomic E-state index is 13.0. The lowest BCUT2D eigenvalue weighted by molar-refractivity contribution is 0.0380. The van der Waals surface area contributed by atoms with Gasteiger partial charge in [-0.2, -0.15) is 0 Å². The molecule has 3 aromatic rings. The van der Waals surface area contributed by atoms with E-state index in [9.17, 15) is 9.59 Å². The first-order valence-electron chi connectivity index (χ1n) is 9.80. The highest BCUT2D eigenvalue weighted by atomic mass is 32.1. The zero-order valence-electron chi connectivity index (χ0n) is 17.7. The molecule has 1 amide bonds. The summed E-state index contributed by atoms with van der Waals surface area (Å²) in [6.45, 7) is 9.80. The first-order chi connectivity index (χ1) is 14.3. The van der Waals surface area contributed by atoms with Crippen molar-refractivity contribution in [3.63, 3.8) is 0 Å². The van der Waals surface area contributed by atoms with Crippen LogP contribution in [0.3, 0.4) is 0 Å². The van der Waals surface area contributed by atoms with Crippen molar-refractivity contribution >= 4 is 28.2 Å². The van der Waals surface area contributed by atoms with Gasteiger partial charge < -0.3 is 10.1 Å². The summed E-state index contributed by atoms with van der Waals surface area (Å²) in [6, 6.07) is 8.13. The lowest BCUT2D eigenvalue weighted by Gasteiger charge is -2.12. The number of nitrogens with one attached hydrogen (secondary N) is 1. The van der Waals surface area contributed by atoms with Gasteiger partial charge in [0, 0.05) is 22.8 Å². The van der Waals surface area contributed by atoms with Gasteiger partial charge in [0.1, 0.15) is 16.3 Å². The number of rotatable bonds is 6. The Morgan fingerprint density at radius 3 is 2.33 bits per heavy atom. The lowest BCUT2D eigenvalue weighted by Crippen LogP contribution is -2.17. The third-order valence-electron chi connectivity index (χ3n) is 4.52.